The molecule has 0 aliphatic carbocycles. The first-order valence-electron chi connectivity index (χ1n) is 2.55. The van der Waals surface area contributed by atoms with Crippen LogP contribution in [0.4, 0.5) is 4.79 Å². The van der Waals surface area contributed by atoms with E-state index in [1.165, 1.54) is 0 Å². The van der Waals surface area contributed by atoms with Gasteiger partial charge in [0.2, 0.25) is 0 Å². The van der Waals surface area contributed by atoms with Gasteiger partial charge >= 0.3 is 0 Å². The van der Waals surface area contributed by atoms with E-state index in [4.69, 9.17) is 0 Å². The highest BCUT2D eigenvalue weighted by Crippen LogP contribution is 2.06. The molecule has 3 nitrogen and oxygen atoms in total. The van der Waals surface area contributed by atoms with E-state index in [1.807, 2.05) is 0 Å². The van der Waals surface area contributed by atoms with Crippen LogP contribution in [0.2, 0.25) is 0 Å². The number of carbonyl (C=O) groups excluding carboxylic acids is 1. The van der Waals surface area contributed by atoms with Gasteiger partial charge in [-0.15, -0.1) is 0 Å². The fraction of sp³-hybridized carbons (Fsp3) is 0.800. The molecule has 0 fully saturated rings. The van der Waals surface area contributed by atoms with E-state index in [1.54, 1.807) is 13.8 Å². The summed E-state index contributed by atoms with van der Waals surface area (Å²) in [5.41, 5.74) is 0. The Morgan fingerprint density at radius 3 is 2.22 bits per heavy atom. The van der Waals surface area contributed by atoms with Gasteiger partial charge < -0.3 is 14.6 Å². The van der Waals surface area contributed by atoms with E-state index in [9.17, 15) is 9.90 Å². The van der Waals surface area contributed by atoms with Crippen LogP contribution in [0.3, 0.4) is 0 Å². The molecule has 0 aromatic rings. The summed E-state index contributed by atoms with van der Waals surface area (Å²) >= 11 is 3.15. The predicted octanol–water partition coefficient (Wildman–Crippen LogP) is 0.518. The number of hydrogen-bond acceptors (Lipinski definition) is 3. The second-order valence-corrected chi connectivity index (χ2v) is 3.19. The summed E-state index contributed by atoms with van der Waals surface area (Å²) in [6.07, 6.45) is -1.83. The van der Waals surface area contributed by atoms with Crippen molar-refractivity contribution in [2.24, 2.45) is 0 Å². The monoisotopic (exact) mass is 195 g/mol. The van der Waals surface area contributed by atoms with Crippen molar-refractivity contribution in [1.29, 1.82) is 0 Å². The minimum Gasteiger partial charge on any atom is -0.545 e. The number of rotatable bonds is 2. The Hall–Kier alpha value is -0.250. The van der Waals surface area contributed by atoms with Gasteiger partial charge in [0.05, 0.1) is 0 Å². The fourth-order valence-corrected chi connectivity index (χ4v) is 0.353. The average molecular weight is 196 g/mol. The minimum atomic E-state index is -1.48. The van der Waals surface area contributed by atoms with Crippen LogP contribution in [0.15, 0.2) is 0 Å². The molecular weight excluding hydrogens is 188 g/mol. The number of carbonyl (C=O) groups is 1. The molecule has 0 saturated heterocycles. The molecule has 0 aliphatic rings. The molecule has 9 heavy (non-hydrogen) atoms. The first-order chi connectivity index (χ1) is 4.04. The molecule has 2 atom stereocenters. The van der Waals surface area contributed by atoms with E-state index in [0.717, 1.165) is 0 Å². The molecule has 0 aliphatic heterocycles. The molecule has 0 heterocycles. The van der Waals surface area contributed by atoms with Crippen LogP contribution in [0.25, 0.3) is 0 Å². The summed E-state index contributed by atoms with van der Waals surface area (Å²) in [5, 5.41) is 9.76. The molecule has 0 aromatic carbocycles. The standard InChI is InChI=1S/C5H9BrO3/c1-3(6)4(2)9-5(7)8/h3-4H,1-2H3,(H,7,8)/p-1. The summed E-state index contributed by atoms with van der Waals surface area (Å²) in [7, 11) is 0. The summed E-state index contributed by atoms with van der Waals surface area (Å²) in [5.74, 6) is 0. The van der Waals surface area contributed by atoms with Crippen molar-refractivity contribution < 1.29 is 14.6 Å². The van der Waals surface area contributed by atoms with Gasteiger partial charge in [-0.1, -0.05) is 22.9 Å². The Morgan fingerprint density at radius 2 is 2.11 bits per heavy atom. The van der Waals surface area contributed by atoms with Gasteiger partial charge in [-0.25, -0.2) is 0 Å². The second-order valence-electron chi connectivity index (χ2n) is 1.75. The molecule has 0 spiro atoms. The van der Waals surface area contributed by atoms with Gasteiger partial charge in [0, 0.05) is 10.9 Å². The molecule has 0 N–H and O–H groups in total. The molecular formula is C5H8BrO3-. The Balaban J connectivity index is 3.50. The summed E-state index contributed by atoms with van der Waals surface area (Å²) in [6, 6.07) is 0. The first-order valence-corrected chi connectivity index (χ1v) is 3.47. The highest BCUT2D eigenvalue weighted by atomic mass is 79.9. The van der Waals surface area contributed by atoms with Crippen molar-refractivity contribution in [3.63, 3.8) is 0 Å². The Labute approximate surface area is 62.1 Å². The zero-order chi connectivity index (χ0) is 7.44. The van der Waals surface area contributed by atoms with Crippen molar-refractivity contribution in [1.82, 2.24) is 0 Å². The van der Waals surface area contributed by atoms with Crippen molar-refractivity contribution in [3.05, 3.63) is 0 Å². The maximum atomic E-state index is 9.76. The Bertz CT molecular complexity index is 102. The van der Waals surface area contributed by atoms with Crippen molar-refractivity contribution >= 4 is 22.1 Å². The molecule has 4 heteroatoms. The SMILES string of the molecule is CC(Br)C(C)OC(=O)[O-]. The molecule has 0 radical (unpaired) electrons. The van der Waals surface area contributed by atoms with E-state index < -0.39 is 6.16 Å². The van der Waals surface area contributed by atoms with Gasteiger partial charge in [0.15, 0.2) is 0 Å². The Kier molecular flexibility index (Phi) is 3.61. The number of carboxylic acid groups (broad SMARTS) is 1. The van der Waals surface area contributed by atoms with Gasteiger partial charge in [0.25, 0.3) is 6.16 Å². The summed E-state index contributed by atoms with van der Waals surface area (Å²) in [6.45, 7) is 3.45. The van der Waals surface area contributed by atoms with Gasteiger partial charge in [-0.3, -0.25) is 0 Å². The molecule has 0 saturated carbocycles. The van der Waals surface area contributed by atoms with Crippen LogP contribution < -0.4 is 5.11 Å². The summed E-state index contributed by atoms with van der Waals surface area (Å²) in [4.78, 5) is 9.78. The van der Waals surface area contributed by atoms with E-state index >= 15 is 0 Å². The third-order valence-corrected chi connectivity index (χ3v) is 1.67. The molecule has 0 rings (SSSR count). The van der Waals surface area contributed by atoms with Crippen molar-refractivity contribution in [3.8, 4) is 0 Å². The van der Waals surface area contributed by atoms with Crippen molar-refractivity contribution in [2.75, 3.05) is 0 Å². The molecule has 54 valence electrons. The number of alkyl halides is 1. The third kappa shape index (κ3) is 4.27. The molecule has 2 unspecified atom stereocenters. The van der Waals surface area contributed by atoms with Gasteiger partial charge in [0.1, 0.15) is 0 Å². The lowest BCUT2D eigenvalue weighted by atomic mass is 10.3. The molecule has 0 amide bonds. The topological polar surface area (TPSA) is 49.4 Å². The van der Waals surface area contributed by atoms with Crippen LogP contribution in [0.5, 0.6) is 0 Å². The van der Waals surface area contributed by atoms with Crippen LogP contribution in [0.1, 0.15) is 13.8 Å². The highest BCUT2D eigenvalue weighted by Gasteiger charge is 2.05. The number of halogens is 1. The lowest BCUT2D eigenvalue weighted by Crippen LogP contribution is -2.31. The first kappa shape index (κ1) is 8.75. The normalized spacial score (nSPS) is 16.3. The van der Waals surface area contributed by atoms with Crippen LogP contribution >= 0.6 is 15.9 Å². The van der Waals surface area contributed by atoms with Crippen LogP contribution in [0, 0.1) is 0 Å². The smallest absolute Gasteiger partial charge is 0.252 e. The lowest BCUT2D eigenvalue weighted by molar-refractivity contribution is -0.286. The zero-order valence-electron chi connectivity index (χ0n) is 5.26. The fourth-order valence-electron chi connectivity index (χ4n) is 0.246. The van der Waals surface area contributed by atoms with E-state index in [2.05, 4.69) is 20.7 Å². The highest BCUT2D eigenvalue weighted by molar-refractivity contribution is 9.09. The van der Waals surface area contributed by atoms with Crippen molar-refractivity contribution in [2.45, 2.75) is 24.8 Å². The maximum Gasteiger partial charge on any atom is 0.252 e. The second kappa shape index (κ2) is 3.71. The quantitative estimate of drug-likeness (QED) is 0.477. The number of hydrogen-bond donors (Lipinski definition) is 0. The molecule has 0 bridgehead atoms. The number of ether oxygens (including phenoxy) is 1. The van der Waals surface area contributed by atoms with E-state index in [0.29, 0.717) is 0 Å². The van der Waals surface area contributed by atoms with Crippen LogP contribution in [-0.4, -0.2) is 17.1 Å². The van der Waals surface area contributed by atoms with Gasteiger partial charge in [-0.05, 0) is 6.92 Å². The Morgan fingerprint density at radius 1 is 1.67 bits per heavy atom. The molecule has 0 aromatic heterocycles. The predicted molar refractivity (Wildman–Crippen MR) is 34.3 cm³/mol. The lowest BCUT2D eigenvalue weighted by Gasteiger charge is -2.19. The minimum absolute atomic E-state index is 0.0235. The van der Waals surface area contributed by atoms with Gasteiger partial charge in [-0.2, -0.15) is 0 Å². The summed E-state index contributed by atoms with van der Waals surface area (Å²) < 4.78 is 4.27. The average Bonchev–Trinajstić information content (AvgIpc) is 1.63. The third-order valence-electron chi connectivity index (χ3n) is 0.929. The van der Waals surface area contributed by atoms with Crippen LogP contribution in [-0.2, 0) is 4.74 Å². The largest absolute Gasteiger partial charge is 0.545 e. The van der Waals surface area contributed by atoms with E-state index in [-0.39, 0.29) is 10.9 Å². The zero-order valence-corrected chi connectivity index (χ0v) is 6.84. The maximum absolute atomic E-state index is 9.76.